The van der Waals surface area contributed by atoms with Gasteiger partial charge in [0, 0.05) is 24.8 Å². The molecule has 3 heteroatoms. The molecule has 0 saturated carbocycles. The van der Waals surface area contributed by atoms with E-state index in [1.54, 1.807) is 0 Å². The van der Waals surface area contributed by atoms with Crippen LogP contribution in [0.15, 0.2) is 54.6 Å². The summed E-state index contributed by atoms with van der Waals surface area (Å²) in [6, 6.07) is 17.9. The van der Waals surface area contributed by atoms with Crippen LogP contribution in [0.2, 0.25) is 0 Å². The smallest absolute Gasteiger partial charge is 0.127 e. The van der Waals surface area contributed by atoms with Gasteiger partial charge in [0.1, 0.15) is 11.5 Å². The fourth-order valence-corrected chi connectivity index (χ4v) is 2.27. The minimum atomic E-state index is 0.634. The van der Waals surface area contributed by atoms with E-state index in [4.69, 9.17) is 9.47 Å². The maximum absolute atomic E-state index is 5.76. The van der Waals surface area contributed by atoms with Gasteiger partial charge in [0.05, 0.1) is 6.61 Å². The summed E-state index contributed by atoms with van der Waals surface area (Å²) in [5, 5.41) is 3.44. The van der Waals surface area contributed by atoms with Crippen LogP contribution >= 0.6 is 0 Å². The Hall–Kier alpha value is -2.00. The van der Waals surface area contributed by atoms with Gasteiger partial charge in [-0.15, -0.1) is 0 Å². The maximum Gasteiger partial charge on any atom is 0.127 e. The molecule has 0 radical (unpaired) electrons. The van der Waals surface area contributed by atoms with Crippen LogP contribution in [0.4, 0.5) is 5.69 Å². The third-order valence-corrected chi connectivity index (χ3v) is 3.45. The molecule has 104 valence electrons. The lowest BCUT2D eigenvalue weighted by Crippen LogP contribution is -2.13. The van der Waals surface area contributed by atoms with Gasteiger partial charge in [-0.05, 0) is 42.8 Å². The molecule has 20 heavy (non-hydrogen) atoms. The summed E-state index contributed by atoms with van der Waals surface area (Å²) in [6.07, 6.45) is 1.15. The van der Waals surface area contributed by atoms with Crippen LogP contribution < -0.4 is 10.1 Å². The first-order chi connectivity index (χ1) is 9.90. The van der Waals surface area contributed by atoms with Crippen molar-refractivity contribution in [3.8, 4) is 11.5 Å². The van der Waals surface area contributed by atoms with E-state index in [-0.39, 0.29) is 0 Å². The molecule has 0 spiro atoms. The van der Waals surface area contributed by atoms with E-state index < -0.39 is 0 Å². The molecule has 0 aliphatic carbocycles. The molecule has 1 aliphatic heterocycles. The van der Waals surface area contributed by atoms with Crippen molar-refractivity contribution >= 4 is 5.69 Å². The average molecular weight is 269 g/mol. The molecule has 1 fully saturated rings. The van der Waals surface area contributed by atoms with Crippen LogP contribution in [0.3, 0.4) is 0 Å². The van der Waals surface area contributed by atoms with Crippen LogP contribution in [0.5, 0.6) is 11.5 Å². The molecule has 0 aromatic heterocycles. The minimum absolute atomic E-state index is 0.634. The van der Waals surface area contributed by atoms with Gasteiger partial charge in [-0.3, -0.25) is 0 Å². The Morgan fingerprint density at radius 1 is 1.00 bits per heavy atom. The first-order valence-electron chi connectivity index (χ1n) is 7.05. The number of nitrogens with one attached hydrogen (secondary N) is 1. The van der Waals surface area contributed by atoms with Crippen molar-refractivity contribution < 1.29 is 9.47 Å². The van der Waals surface area contributed by atoms with Gasteiger partial charge >= 0.3 is 0 Å². The summed E-state index contributed by atoms with van der Waals surface area (Å²) >= 11 is 0. The predicted molar refractivity (Wildman–Crippen MR) is 80.4 cm³/mol. The maximum atomic E-state index is 5.76. The Bertz CT molecular complexity index is 518. The molecule has 3 rings (SSSR count). The Morgan fingerprint density at radius 2 is 1.75 bits per heavy atom. The van der Waals surface area contributed by atoms with Gasteiger partial charge in [0.2, 0.25) is 0 Å². The molecule has 2 aromatic carbocycles. The molecule has 1 unspecified atom stereocenters. The van der Waals surface area contributed by atoms with E-state index in [9.17, 15) is 0 Å². The predicted octanol–water partition coefficient (Wildman–Crippen LogP) is 3.93. The zero-order valence-electron chi connectivity index (χ0n) is 11.4. The van der Waals surface area contributed by atoms with Crippen LogP contribution in [-0.2, 0) is 4.74 Å². The van der Waals surface area contributed by atoms with E-state index in [1.165, 1.54) is 0 Å². The monoisotopic (exact) mass is 269 g/mol. The Morgan fingerprint density at radius 3 is 2.45 bits per heavy atom. The summed E-state index contributed by atoms with van der Waals surface area (Å²) in [5.41, 5.74) is 1.12. The van der Waals surface area contributed by atoms with Crippen LogP contribution in [0.1, 0.15) is 6.42 Å². The lowest BCUT2D eigenvalue weighted by Gasteiger charge is -2.11. The second kappa shape index (κ2) is 6.44. The van der Waals surface area contributed by atoms with Gasteiger partial charge in [0.25, 0.3) is 0 Å². The zero-order valence-corrected chi connectivity index (χ0v) is 11.4. The lowest BCUT2D eigenvalue weighted by molar-refractivity contribution is 0.187. The number of hydrogen-bond acceptors (Lipinski definition) is 3. The fraction of sp³-hybridized carbons (Fsp3) is 0.294. The number of hydrogen-bond donors (Lipinski definition) is 1. The molecule has 1 atom stereocenters. The highest BCUT2D eigenvalue weighted by atomic mass is 16.5. The van der Waals surface area contributed by atoms with E-state index >= 15 is 0 Å². The van der Waals surface area contributed by atoms with Gasteiger partial charge in [0.15, 0.2) is 0 Å². The number of ether oxygens (including phenoxy) is 2. The summed E-state index contributed by atoms with van der Waals surface area (Å²) in [7, 11) is 0. The van der Waals surface area contributed by atoms with Gasteiger partial charge in [-0.1, -0.05) is 18.2 Å². The van der Waals surface area contributed by atoms with Crippen LogP contribution in [0.25, 0.3) is 0 Å². The van der Waals surface area contributed by atoms with Crippen molar-refractivity contribution in [3.63, 3.8) is 0 Å². The molecule has 2 aromatic rings. The number of para-hydroxylation sites is 1. The Kier molecular flexibility index (Phi) is 4.19. The SMILES string of the molecule is c1ccc(Oc2ccc(NCC3CCOC3)cc2)cc1. The zero-order chi connectivity index (χ0) is 13.6. The molecular formula is C17H19NO2. The van der Waals surface area contributed by atoms with Crippen LogP contribution in [0, 0.1) is 5.92 Å². The lowest BCUT2D eigenvalue weighted by atomic mass is 10.1. The quantitative estimate of drug-likeness (QED) is 0.892. The standard InChI is InChI=1S/C17H19NO2/c1-2-4-16(5-3-1)20-17-8-6-15(7-9-17)18-12-14-10-11-19-13-14/h1-9,14,18H,10-13H2. The van der Waals surface area contributed by atoms with Crippen molar-refractivity contribution in [2.24, 2.45) is 5.92 Å². The van der Waals surface area contributed by atoms with Gasteiger partial charge in [-0.25, -0.2) is 0 Å². The summed E-state index contributed by atoms with van der Waals surface area (Å²) in [4.78, 5) is 0. The Labute approximate surface area is 119 Å². The topological polar surface area (TPSA) is 30.5 Å². The van der Waals surface area contributed by atoms with Crippen LogP contribution in [-0.4, -0.2) is 19.8 Å². The minimum Gasteiger partial charge on any atom is -0.457 e. The first-order valence-corrected chi connectivity index (χ1v) is 7.05. The van der Waals surface area contributed by atoms with Gasteiger partial charge < -0.3 is 14.8 Å². The van der Waals surface area contributed by atoms with Gasteiger partial charge in [-0.2, -0.15) is 0 Å². The third-order valence-electron chi connectivity index (χ3n) is 3.45. The van der Waals surface area contributed by atoms with Crippen molar-refractivity contribution in [2.45, 2.75) is 6.42 Å². The molecule has 1 aliphatic rings. The van der Waals surface area contributed by atoms with Crippen molar-refractivity contribution in [3.05, 3.63) is 54.6 Å². The highest BCUT2D eigenvalue weighted by Gasteiger charge is 2.14. The second-order valence-electron chi connectivity index (χ2n) is 5.05. The number of anilines is 1. The van der Waals surface area contributed by atoms with Crippen molar-refractivity contribution in [1.29, 1.82) is 0 Å². The fourth-order valence-electron chi connectivity index (χ4n) is 2.27. The number of benzene rings is 2. The van der Waals surface area contributed by atoms with E-state index in [2.05, 4.69) is 5.32 Å². The number of rotatable bonds is 5. The first kappa shape index (κ1) is 13.0. The summed E-state index contributed by atoms with van der Waals surface area (Å²) in [6.45, 7) is 2.75. The molecule has 1 N–H and O–H groups in total. The Balaban J connectivity index is 1.54. The van der Waals surface area contributed by atoms with E-state index in [1.807, 2.05) is 54.6 Å². The molecule has 0 bridgehead atoms. The normalized spacial score (nSPS) is 17.9. The summed E-state index contributed by atoms with van der Waals surface area (Å²) < 4.78 is 11.1. The second-order valence-corrected chi connectivity index (χ2v) is 5.05. The summed E-state index contributed by atoms with van der Waals surface area (Å²) in [5.74, 6) is 2.34. The molecular weight excluding hydrogens is 250 g/mol. The largest absolute Gasteiger partial charge is 0.457 e. The molecule has 3 nitrogen and oxygen atoms in total. The van der Waals surface area contributed by atoms with Crippen molar-refractivity contribution in [1.82, 2.24) is 0 Å². The molecule has 1 saturated heterocycles. The average Bonchev–Trinajstić information content (AvgIpc) is 3.01. The highest BCUT2D eigenvalue weighted by molar-refractivity contribution is 5.47. The van der Waals surface area contributed by atoms with E-state index in [0.29, 0.717) is 5.92 Å². The molecule has 0 amide bonds. The van der Waals surface area contributed by atoms with Crippen molar-refractivity contribution in [2.75, 3.05) is 25.1 Å². The van der Waals surface area contributed by atoms with E-state index in [0.717, 1.165) is 43.4 Å². The third kappa shape index (κ3) is 3.52. The highest BCUT2D eigenvalue weighted by Crippen LogP contribution is 2.23. The molecule has 1 heterocycles.